The lowest BCUT2D eigenvalue weighted by molar-refractivity contribution is -0.140. The summed E-state index contributed by atoms with van der Waals surface area (Å²) in [5.74, 6) is -1.34. The lowest BCUT2D eigenvalue weighted by atomic mass is 9.97. The summed E-state index contributed by atoms with van der Waals surface area (Å²) in [6, 6.07) is 14.8. The van der Waals surface area contributed by atoms with Gasteiger partial charge in [-0.25, -0.2) is 0 Å². The average molecular weight is 434 g/mol. The van der Waals surface area contributed by atoms with Crippen molar-refractivity contribution < 1.29 is 19.4 Å². The first-order valence-electron chi connectivity index (χ1n) is 10.5. The van der Waals surface area contributed by atoms with E-state index in [0.717, 1.165) is 34.1 Å². The fourth-order valence-electron chi connectivity index (χ4n) is 4.51. The second-order valence-electron chi connectivity index (χ2n) is 8.12. The third kappa shape index (κ3) is 3.46. The van der Waals surface area contributed by atoms with Gasteiger partial charge >= 0.3 is 0 Å². The third-order valence-corrected chi connectivity index (χ3v) is 7.21. The summed E-state index contributed by atoms with van der Waals surface area (Å²) in [7, 11) is 0. The Morgan fingerprint density at radius 1 is 1.16 bits per heavy atom. The number of ketones is 1. The van der Waals surface area contributed by atoms with E-state index in [4.69, 9.17) is 4.74 Å². The van der Waals surface area contributed by atoms with Crippen LogP contribution in [-0.2, 0) is 14.3 Å². The van der Waals surface area contributed by atoms with Gasteiger partial charge in [0.15, 0.2) is 0 Å². The number of hydrogen-bond acceptors (Lipinski definition) is 5. The minimum atomic E-state index is -0.638. The molecule has 158 valence electrons. The molecule has 6 heteroatoms. The molecule has 5 rings (SSSR count). The van der Waals surface area contributed by atoms with Crippen molar-refractivity contribution in [2.75, 3.05) is 13.2 Å². The van der Waals surface area contributed by atoms with Gasteiger partial charge in [-0.1, -0.05) is 36.4 Å². The first-order valence-corrected chi connectivity index (χ1v) is 11.4. The summed E-state index contributed by atoms with van der Waals surface area (Å²) in [4.78, 5) is 28.7. The van der Waals surface area contributed by atoms with Gasteiger partial charge < -0.3 is 14.7 Å². The first-order chi connectivity index (χ1) is 15.0. The van der Waals surface area contributed by atoms with Gasteiger partial charge in [-0.05, 0) is 53.6 Å². The molecule has 2 aliphatic rings. The Morgan fingerprint density at radius 3 is 2.68 bits per heavy atom. The number of aryl methyl sites for hydroxylation is 1. The maximum atomic E-state index is 13.1. The van der Waals surface area contributed by atoms with Gasteiger partial charge in [0, 0.05) is 23.6 Å². The van der Waals surface area contributed by atoms with Crippen molar-refractivity contribution >= 4 is 39.6 Å². The largest absolute Gasteiger partial charge is 0.507 e. The van der Waals surface area contributed by atoms with Crippen molar-refractivity contribution in [3.05, 3.63) is 75.5 Å². The van der Waals surface area contributed by atoms with E-state index in [1.165, 1.54) is 11.3 Å². The summed E-state index contributed by atoms with van der Waals surface area (Å²) in [5, 5.41) is 15.2. The van der Waals surface area contributed by atoms with Gasteiger partial charge in [-0.3, -0.25) is 9.59 Å². The zero-order valence-corrected chi connectivity index (χ0v) is 18.0. The molecule has 2 unspecified atom stereocenters. The Kier molecular flexibility index (Phi) is 5.12. The molecule has 3 heterocycles. The minimum Gasteiger partial charge on any atom is -0.507 e. The third-order valence-electron chi connectivity index (χ3n) is 6.14. The molecule has 2 fully saturated rings. The van der Waals surface area contributed by atoms with Crippen LogP contribution in [0.25, 0.3) is 16.5 Å². The van der Waals surface area contributed by atoms with E-state index in [0.29, 0.717) is 18.7 Å². The number of carbonyl (C=O) groups excluding carboxylic acids is 2. The average Bonchev–Trinajstić information content (AvgIpc) is 3.50. The molecule has 0 saturated carbocycles. The Balaban J connectivity index is 1.64. The molecule has 0 aliphatic carbocycles. The van der Waals surface area contributed by atoms with Gasteiger partial charge in [0.2, 0.25) is 0 Å². The van der Waals surface area contributed by atoms with Crippen LogP contribution in [0, 0.1) is 6.92 Å². The number of rotatable bonds is 4. The molecule has 1 aromatic heterocycles. The standard InChI is InChI=1S/C25H23NO4S/c1-15-10-12-31-24(15)21-20(23(28)25(29)26(21)14-19-7-4-11-30-19)22(27)18-9-8-16-5-2-3-6-17(16)13-18/h2-3,5-6,8-10,12-13,19,21,27H,4,7,11,14H2,1H3/b22-20-. The molecule has 1 amide bonds. The quantitative estimate of drug-likeness (QED) is 0.364. The number of carbonyl (C=O) groups is 2. The normalized spacial score (nSPS) is 23.2. The summed E-state index contributed by atoms with van der Waals surface area (Å²) in [5.41, 5.74) is 1.69. The Bertz CT molecular complexity index is 1200. The van der Waals surface area contributed by atoms with E-state index < -0.39 is 17.7 Å². The van der Waals surface area contributed by atoms with Crippen molar-refractivity contribution in [1.82, 2.24) is 4.90 Å². The highest BCUT2D eigenvalue weighted by molar-refractivity contribution is 7.10. The number of thiophene rings is 1. The topological polar surface area (TPSA) is 66.8 Å². The minimum absolute atomic E-state index is 0.0818. The first kappa shape index (κ1) is 20.0. The van der Waals surface area contributed by atoms with E-state index in [9.17, 15) is 14.7 Å². The summed E-state index contributed by atoms with van der Waals surface area (Å²) in [6.07, 6.45) is 1.74. The predicted molar refractivity (Wildman–Crippen MR) is 121 cm³/mol. The van der Waals surface area contributed by atoms with Gasteiger partial charge in [-0.2, -0.15) is 0 Å². The molecule has 2 atom stereocenters. The van der Waals surface area contributed by atoms with E-state index >= 15 is 0 Å². The summed E-state index contributed by atoms with van der Waals surface area (Å²) in [6.45, 7) is 2.99. The number of nitrogens with zero attached hydrogens (tertiary/aromatic N) is 1. The molecule has 31 heavy (non-hydrogen) atoms. The number of hydrogen-bond donors (Lipinski definition) is 1. The highest BCUT2D eigenvalue weighted by Gasteiger charge is 2.47. The van der Waals surface area contributed by atoms with Gasteiger partial charge in [0.25, 0.3) is 11.7 Å². The van der Waals surface area contributed by atoms with E-state index in [-0.39, 0.29) is 17.4 Å². The van der Waals surface area contributed by atoms with Crippen molar-refractivity contribution in [1.29, 1.82) is 0 Å². The van der Waals surface area contributed by atoms with E-state index in [1.807, 2.05) is 54.8 Å². The Morgan fingerprint density at radius 2 is 1.97 bits per heavy atom. The molecule has 0 radical (unpaired) electrons. The maximum Gasteiger partial charge on any atom is 0.295 e. The Labute approximate surface area is 184 Å². The smallest absolute Gasteiger partial charge is 0.295 e. The fourth-order valence-corrected chi connectivity index (χ4v) is 5.55. The second kappa shape index (κ2) is 7.94. The van der Waals surface area contributed by atoms with Crippen LogP contribution in [0.15, 0.2) is 59.5 Å². The SMILES string of the molecule is Cc1ccsc1C1/C(=C(/O)c2ccc3ccccc3c2)C(=O)C(=O)N1CC1CCCO1. The molecule has 5 nitrogen and oxygen atoms in total. The van der Waals surface area contributed by atoms with Crippen molar-refractivity contribution in [2.24, 2.45) is 0 Å². The van der Waals surface area contributed by atoms with Crippen LogP contribution in [0.1, 0.15) is 34.9 Å². The van der Waals surface area contributed by atoms with Crippen molar-refractivity contribution in [3.63, 3.8) is 0 Å². The number of Topliss-reactive ketones (excluding diaryl/α,β-unsaturated/α-hetero) is 1. The van der Waals surface area contributed by atoms with Crippen LogP contribution < -0.4 is 0 Å². The lowest BCUT2D eigenvalue weighted by Crippen LogP contribution is -2.36. The summed E-state index contributed by atoms with van der Waals surface area (Å²) < 4.78 is 5.74. The molecule has 1 N–H and O–H groups in total. The number of likely N-dealkylation sites (tertiary alicyclic amines) is 1. The number of aliphatic hydroxyl groups is 1. The molecular weight excluding hydrogens is 410 g/mol. The van der Waals surface area contributed by atoms with Crippen LogP contribution in [0.4, 0.5) is 0 Å². The number of fused-ring (bicyclic) bond motifs is 1. The number of benzene rings is 2. The molecule has 2 aliphatic heterocycles. The number of ether oxygens (including phenoxy) is 1. The molecule has 2 aromatic carbocycles. The Hall–Kier alpha value is -2.96. The highest BCUT2D eigenvalue weighted by atomic mass is 32.1. The van der Waals surface area contributed by atoms with E-state index in [2.05, 4.69) is 0 Å². The molecular formula is C25H23NO4S. The zero-order chi connectivity index (χ0) is 21.5. The molecule has 3 aromatic rings. The number of aliphatic hydroxyl groups excluding tert-OH is 1. The molecule has 2 saturated heterocycles. The summed E-state index contributed by atoms with van der Waals surface area (Å²) >= 11 is 1.50. The highest BCUT2D eigenvalue weighted by Crippen LogP contribution is 2.43. The van der Waals surface area contributed by atoms with Crippen LogP contribution >= 0.6 is 11.3 Å². The van der Waals surface area contributed by atoms with E-state index in [1.54, 1.807) is 11.0 Å². The zero-order valence-electron chi connectivity index (χ0n) is 17.2. The van der Waals surface area contributed by atoms with Crippen LogP contribution in [0.5, 0.6) is 0 Å². The number of amides is 1. The monoisotopic (exact) mass is 433 g/mol. The van der Waals surface area contributed by atoms with Crippen molar-refractivity contribution in [2.45, 2.75) is 31.9 Å². The van der Waals surface area contributed by atoms with Gasteiger partial charge in [-0.15, -0.1) is 11.3 Å². The maximum absolute atomic E-state index is 13.1. The fraction of sp³-hybridized carbons (Fsp3) is 0.280. The molecule has 0 bridgehead atoms. The van der Waals surface area contributed by atoms with Crippen molar-refractivity contribution in [3.8, 4) is 0 Å². The van der Waals surface area contributed by atoms with Crippen LogP contribution in [-0.4, -0.2) is 41.0 Å². The van der Waals surface area contributed by atoms with Crippen LogP contribution in [0.2, 0.25) is 0 Å². The lowest BCUT2D eigenvalue weighted by Gasteiger charge is -2.27. The van der Waals surface area contributed by atoms with Crippen LogP contribution in [0.3, 0.4) is 0 Å². The van der Waals surface area contributed by atoms with Gasteiger partial charge in [0.05, 0.1) is 17.7 Å². The predicted octanol–water partition coefficient (Wildman–Crippen LogP) is 4.81. The van der Waals surface area contributed by atoms with Gasteiger partial charge in [0.1, 0.15) is 5.76 Å². The molecule has 0 spiro atoms. The second-order valence-corrected chi connectivity index (χ2v) is 9.06.